The van der Waals surface area contributed by atoms with Gasteiger partial charge in [0.2, 0.25) is 11.8 Å². The number of hydrogen-bond donors (Lipinski definition) is 3. The lowest BCUT2D eigenvalue weighted by molar-refractivity contribution is -0.140. The van der Waals surface area contributed by atoms with Crippen LogP contribution in [0.5, 0.6) is 0 Å². The first-order valence-corrected chi connectivity index (χ1v) is 11.6. The Balaban J connectivity index is 1.48. The zero-order valence-electron chi connectivity index (χ0n) is 20.2. The van der Waals surface area contributed by atoms with Crippen LogP contribution in [0.3, 0.4) is 0 Å². The minimum atomic E-state index is -5.03. The number of amides is 3. The first-order chi connectivity index (χ1) is 17.1. The molecule has 0 aliphatic carbocycles. The number of halogens is 4. The first-order valence-electron chi connectivity index (χ1n) is 11.6. The van der Waals surface area contributed by atoms with Gasteiger partial charge in [0.25, 0.3) is 5.91 Å². The second-order valence-electron chi connectivity index (χ2n) is 10.3. The van der Waals surface area contributed by atoms with E-state index in [-0.39, 0.29) is 17.7 Å². The van der Waals surface area contributed by atoms with Gasteiger partial charge in [-0.05, 0) is 45.4 Å². The highest BCUT2D eigenvalue weighted by Gasteiger charge is 2.76. The van der Waals surface area contributed by atoms with Crippen LogP contribution in [-0.2, 0) is 20.5 Å². The van der Waals surface area contributed by atoms with Crippen LogP contribution in [0, 0.1) is 24.6 Å². The molecule has 0 saturated carbocycles. The summed E-state index contributed by atoms with van der Waals surface area (Å²) in [6.07, 6.45) is -5.78. The van der Waals surface area contributed by atoms with Gasteiger partial charge in [-0.2, -0.15) is 18.3 Å². The molecule has 0 radical (unpaired) electrons. The third kappa shape index (κ3) is 3.51. The molecule has 3 aliphatic rings. The maximum atomic E-state index is 15.1. The molecule has 4 heterocycles. The third-order valence-electron chi connectivity index (χ3n) is 7.78. The monoisotopic (exact) mass is 524 g/mol. The second-order valence-corrected chi connectivity index (χ2v) is 10.3. The van der Waals surface area contributed by atoms with E-state index in [4.69, 9.17) is 4.74 Å². The number of imide groups is 1. The molecule has 3 amide bonds. The number of nitrogens with zero attached hydrogens (tertiary/aromatic N) is 2. The summed E-state index contributed by atoms with van der Waals surface area (Å²) in [5.41, 5.74) is -5.01. The summed E-state index contributed by atoms with van der Waals surface area (Å²) in [5.74, 6) is -6.29. The highest BCUT2D eigenvalue weighted by Crippen LogP contribution is 2.61. The third-order valence-corrected chi connectivity index (χ3v) is 7.78. The van der Waals surface area contributed by atoms with E-state index in [0.717, 1.165) is 19.1 Å². The molecule has 198 valence electrons. The molecular formula is C24H24F4N4O5. The standard InChI is InChI=1S/C24H24F4N4O5/c1-9-5-6-13(18(25)15(9)24(26,27)28)32-20(35)16-17(21(32)36)23(4)14(8-22(16,3)37-23)29-19(34)12-7-11(10(2)33)30-31-12/h5-7,10,14,16-17,33H,8H2,1-4H3,(H,29,34)(H,30,31)/t10?,14-,16-,17+,22-,23+/m1/s1. The van der Waals surface area contributed by atoms with Crippen molar-refractivity contribution in [3.63, 3.8) is 0 Å². The zero-order chi connectivity index (χ0) is 27.2. The molecule has 13 heteroatoms. The molecule has 2 bridgehead atoms. The van der Waals surface area contributed by atoms with Crippen molar-refractivity contribution in [1.82, 2.24) is 15.5 Å². The van der Waals surface area contributed by atoms with Gasteiger partial charge in [0, 0.05) is 6.42 Å². The minimum absolute atomic E-state index is 0.0131. The van der Waals surface area contributed by atoms with Gasteiger partial charge in [0.15, 0.2) is 5.82 Å². The summed E-state index contributed by atoms with van der Waals surface area (Å²) >= 11 is 0. The van der Waals surface area contributed by atoms with Gasteiger partial charge < -0.3 is 15.2 Å². The van der Waals surface area contributed by atoms with E-state index in [1.165, 1.54) is 13.0 Å². The van der Waals surface area contributed by atoms with Crippen LogP contribution < -0.4 is 10.2 Å². The molecule has 3 fully saturated rings. The average molecular weight is 524 g/mol. The van der Waals surface area contributed by atoms with Gasteiger partial charge in [0.05, 0.1) is 52.1 Å². The summed E-state index contributed by atoms with van der Waals surface area (Å²) < 4.78 is 61.8. The van der Waals surface area contributed by atoms with E-state index >= 15 is 4.39 Å². The topological polar surface area (TPSA) is 125 Å². The largest absolute Gasteiger partial charge is 0.419 e. The van der Waals surface area contributed by atoms with Crippen molar-refractivity contribution < 1.29 is 41.8 Å². The molecule has 3 aliphatic heterocycles. The smallest absolute Gasteiger partial charge is 0.387 e. The van der Waals surface area contributed by atoms with Crippen molar-refractivity contribution in [2.45, 2.75) is 63.6 Å². The van der Waals surface area contributed by atoms with E-state index in [0.29, 0.717) is 10.6 Å². The minimum Gasteiger partial charge on any atom is -0.387 e. The van der Waals surface area contributed by atoms with Crippen LogP contribution >= 0.6 is 0 Å². The van der Waals surface area contributed by atoms with Gasteiger partial charge in [-0.1, -0.05) is 6.07 Å². The number of fused-ring (bicyclic) bond motifs is 5. The number of benzene rings is 1. The van der Waals surface area contributed by atoms with Crippen molar-refractivity contribution >= 4 is 23.4 Å². The number of rotatable bonds is 4. The van der Waals surface area contributed by atoms with Crippen molar-refractivity contribution in [3.05, 3.63) is 46.5 Å². The van der Waals surface area contributed by atoms with Crippen molar-refractivity contribution in [2.24, 2.45) is 11.8 Å². The van der Waals surface area contributed by atoms with E-state index in [2.05, 4.69) is 15.5 Å². The van der Waals surface area contributed by atoms with Gasteiger partial charge in [-0.25, -0.2) is 9.29 Å². The van der Waals surface area contributed by atoms with Crippen LogP contribution in [-0.4, -0.2) is 50.3 Å². The molecule has 3 N–H and O–H groups in total. The lowest BCUT2D eigenvalue weighted by atomic mass is 9.66. The Bertz CT molecular complexity index is 1340. The molecule has 6 atom stereocenters. The van der Waals surface area contributed by atoms with Gasteiger partial charge in [-0.15, -0.1) is 0 Å². The number of nitrogens with one attached hydrogen (secondary N) is 2. The van der Waals surface area contributed by atoms with E-state index in [1.807, 2.05) is 0 Å². The normalized spacial score (nSPS) is 31.7. The Labute approximate surface area is 208 Å². The molecule has 1 unspecified atom stereocenters. The summed E-state index contributed by atoms with van der Waals surface area (Å²) in [7, 11) is 0. The van der Waals surface area contributed by atoms with Gasteiger partial charge in [-0.3, -0.25) is 19.5 Å². The lowest BCUT2D eigenvalue weighted by Crippen LogP contribution is -2.56. The number of H-pyrrole nitrogens is 1. The van der Waals surface area contributed by atoms with Crippen molar-refractivity contribution in [3.8, 4) is 0 Å². The van der Waals surface area contributed by atoms with Crippen molar-refractivity contribution in [1.29, 1.82) is 0 Å². The molecule has 2 aromatic rings. The fraction of sp³-hybridized carbons (Fsp3) is 0.500. The Morgan fingerprint density at radius 1 is 1.27 bits per heavy atom. The molecule has 3 saturated heterocycles. The Hall–Kier alpha value is -3.32. The summed E-state index contributed by atoms with van der Waals surface area (Å²) in [6.45, 7) is 5.71. The molecule has 9 nitrogen and oxygen atoms in total. The van der Waals surface area contributed by atoms with Gasteiger partial charge in [0.1, 0.15) is 5.69 Å². The number of aliphatic hydroxyl groups excluding tert-OH is 1. The SMILES string of the molecule is Cc1ccc(N2C(=O)[C@@H]3[C@H](C2=O)[C@@]2(C)C[C@@H](NC(=O)c4cc(C(C)O)[nH]n4)[C@]3(C)O2)c(F)c1C(F)(F)F. The van der Waals surface area contributed by atoms with Crippen LogP contribution in [0.25, 0.3) is 0 Å². The maximum Gasteiger partial charge on any atom is 0.419 e. The van der Waals surface area contributed by atoms with Crippen molar-refractivity contribution in [2.75, 3.05) is 4.90 Å². The molecule has 1 aromatic carbocycles. The van der Waals surface area contributed by atoms with Crippen LogP contribution in [0.15, 0.2) is 18.2 Å². The Morgan fingerprint density at radius 3 is 2.51 bits per heavy atom. The number of aromatic amines is 1. The molecule has 0 spiro atoms. The van der Waals surface area contributed by atoms with E-state index < -0.39 is 76.1 Å². The average Bonchev–Trinajstić information content (AvgIpc) is 3.48. The highest BCUT2D eigenvalue weighted by molar-refractivity contribution is 6.23. The summed E-state index contributed by atoms with van der Waals surface area (Å²) in [5, 5.41) is 18.8. The number of aromatic nitrogens is 2. The number of carbonyl (C=O) groups excluding carboxylic acids is 3. The number of aliphatic hydroxyl groups is 1. The molecule has 1 aromatic heterocycles. The number of alkyl halides is 3. The van der Waals surface area contributed by atoms with Crippen LogP contribution in [0.1, 0.15) is 60.6 Å². The second kappa shape index (κ2) is 7.84. The Morgan fingerprint density at radius 2 is 1.92 bits per heavy atom. The quantitative estimate of drug-likeness (QED) is 0.418. The lowest BCUT2D eigenvalue weighted by Gasteiger charge is -2.35. The maximum absolute atomic E-state index is 15.1. The summed E-state index contributed by atoms with van der Waals surface area (Å²) in [4.78, 5) is 40.3. The number of aryl methyl sites for hydroxylation is 1. The highest BCUT2D eigenvalue weighted by atomic mass is 19.4. The summed E-state index contributed by atoms with van der Waals surface area (Å²) in [6, 6.07) is 2.61. The number of ether oxygens (including phenoxy) is 1. The molecular weight excluding hydrogens is 500 g/mol. The molecule has 37 heavy (non-hydrogen) atoms. The zero-order valence-corrected chi connectivity index (χ0v) is 20.2. The van der Waals surface area contributed by atoms with E-state index in [9.17, 15) is 32.7 Å². The Kier molecular flexibility index (Phi) is 5.37. The fourth-order valence-corrected chi connectivity index (χ4v) is 6.07. The fourth-order valence-electron chi connectivity index (χ4n) is 6.07. The predicted molar refractivity (Wildman–Crippen MR) is 119 cm³/mol. The van der Waals surface area contributed by atoms with E-state index in [1.54, 1.807) is 13.8 Å². The predicted octanol–water partition coefficient (Wildman–Crippen LogP) is 2.78. The number of carbonyl (C=O) groups is 3. The molecule has 5 rings (SSSR count). The van der Waals surface area contributed by atoms with Gasteiger partial charge >= 0.3 is 6.18 Å². The van der Waals surface area contributed by atoms with Crippen LogP contribution in [0.2, 0.25) is 0 Å². The number of hydrogen-bond acceptors (Lipinski definition) is 6. The first kappa shape index (κ1) is 25.3. The van der Waals surface area contributed by atoms with Crippen LogP contribution in [0.4, 0.5) is 23.2 Å². The number of anilines is 1.